The van der Waals surface area contributed by atoms with E-state index in [9.17, 15) is 10.0 Å². The number of amides is 1. The lowest BCUT2D eigenvalue weighted by Crippen LogP contribution is -2.42. The molecule has 1 aromatic carbocycles. The predicted molar refractivity (Wildman–Crippen MR) is 93.8 cm³/mol. The maximum atomic E-state index is 12.2. The minimum Gasteiger partial charge on any atom is -0.594 e. The Morgan fingerprint density at radius 1 is 1.36 bits per heavy atom. The molecule has 2 aromatic rings. The molecule has 0 atom stereocenters. The lowest BCUT2D eigenvalue weighted by Gasteiger charge is -2.27. The van der Waals surface area contributed by atoms with Crippen LogP contribution in [0.3, 0.4) is 0 Å². The van der Waals surface area contributed by atoms with Gasteiger partial charge in [-0.25, -0.2) is 9.78 Å². The Morgan fingerprint density at radius 3 is 2.76 bits per heavy atom. The number of nitrogens with one attached hydrogen (secondary N) is 1. The third kappa shape index (κ3) is 5.42. The first-order valence-corrected chi connectivity index (χ1v) is 8.08. The summed E-state index contributed by atoms with van der Waals surface area (Å²) in [5, 5.41) is 18.7. The van der Waals surface area contributed by atoms with Gasteiger partial charge in [0.1, 0.15) is 11.1 Å². The molecule has 0 fully saturated rings. The smallest absolute Gasteiger partial charge is 0.410 e. The summed E-state index contributed by atoms with van der Waals surface area (Å²) >= 11 is 0. The van der Waals surface area contributed by atoms with Crippen molar-refractivity contribution in [2.45, 2.75) is 26.4 Å². The van der Waals surface area contributed by atoms with E-state index in [1.807, 2.05) is 0 Å². The number of nitrogens with two attached hydrogens (primary N) is 1. The standard InChI is InChI=1S/C16H24N6O3/c1-16(2,3)25-15(23)21(10-8-17)11-9-18-14-19-12-6-4-5-7-13(12)22(24)20-14/h4-7H,8-11,17H2,1-3H3,(H,18,19,20). The topological polar surface area (TPSA) is 120 Å². The normalized spacial score (nSPS) is 11.4. The molecule has 0 saturated carbocycles. The van der Waals surface area contributed by atoms with Crippen molar-refractivity contribution >= 4 is 23.1 Å². The van der Waals surface area contributed by atoms with Gasteiger partial charge in [0, 0.05) is 32.2 Å². The van der Waals surface area contributed by atoms with Crippen LogP contribution in [0.2, 0.25) is 0 Å². The Balaban J connectivity index is 1.98. The van der Waals surface area contributed by atoms with Gasteiger partial charge in [0.15, 0.2) is 0 Å². The second-order valence-electron chi connectivity index (χ2n) is 6.48. The van der Waals surface area contributed by atoms with Crippen LogP contribution in [0.5, 0.6) is 0 Å². The number of carbonyl (C=O) groups is 1. The summed E-state index contributed by atoms with van der Waals surface area (Å²) in [5.41, 5.74) is 5.92. The van der Waals surface area contributed by atoms with Gasteiger partial charge < -0.3 is 25.9 Å². The first-order valence-electron chi connectivity index (χ1n) is 8.08. The Labute approximate surface area is 146 Å². The van der Waals surface area contributed by atoms with E-state index in [0.717, 1.165) is 0 Å². The lowest BCUT2D eigenvalue weighted by atomic mass is 10.2. The highest BCUT2D eigenvalue weighted by Crippen LogP contribution is 2.10. The summed E-state index contributed by atoms with van der Waals surface area (Å²) in [7, 11) is 0. The van der Waals surface area contributed by atoms with E-state index < -0.39 is 11.7 Å². The van der Waals surface area contributed by atoms with Crippen molar-refractivity contribution in [3.05, 3.63) is 29.5 Å². The van der Waals surface area contributed by atoms with Gasteiger partial charge in [0.25, 0.3) is 11.5 Å². The molecule has 1 amide bonds. The van der Waals surface area contributed by atoms with Crippen LogP contribution in [0, 0.1) is 5.21 Å². The molecule has 0 radical (unpaired) electrons. The second-order valence-corrected chi connectivity index (χ2v) is 6.48. The molecule has 25 heavy (non-hydrogen) atoms. The second kappa shape index (κ2) is 7.93. The van der Waals surface area contributed by atoms with E-state index in [0.29, 0.717) is 42.1 Å². The summed E-state index contributed by atoms with van der Waals surface area (Å²) in [4.78, 5) is 18.5. The number of carbonyl (C=O) groups excluding carboxylic acids is 1. The molecule has 9 heteroatoms. The first kappa shape index (κ1) is 18.7. The van der Waals surface area contributed by atoms with E-state index in [2.05, 4.69) is 15.4 Å². The number of benzene rings is 1. The fourth-order valence-electron chi connectivity index (χ4n) is 2.15. The van der Waals surface area contributed by atoms with Crippen molar-refractivity contribution in [1.29, 1.82) is 0 Å². The van der Waals surface area contributed by atoms with Crippen molar-refractivity contribution in [2.24, 2.45) is 5.73 Å². The molecule has 9 nitrogen and oxygen atoms in total. The molecular weight excluding hydrogens is 324 g/mol. The molecule has 0 bridgehead atoms. The van der Waals surface area contributed by atoms with Gasteiger partial charge in [-0.2, -0.15) is 0 Å². The number of nitrogens with zero attached hydrogens (tertiary/aromatic N) is 4. The maximum Gasteiger partial charge on any atom is 0.410 e. The van der Waals surface area contributed by atoms with Gasteiger partial charge in [0.2, 0.25) is 0 Å². The fraction of sp³-hybridized carbons (Fsp3) is 0.500. The van der Waals surface area contributed by atoms with Gasteiger partial charge >= 0.3 is 6.09 Å². The van der Waals surface area contributed by atoms with Crippen molar-refractivity contribution in [3.8, 4) is 0 Å². The number of fused-ring (bicyclic) bond motifs is 1. The molecule has 1 aromatic heterocycles. The van der Waals surface area contributed by atoms with Gasteiger partial charge in [-0.3, -0.25) is 0 Å². The van der Waals surface area contributed by atoms with Crippen LogP contribution < -0.4 is 15.9 Å². The van der Waals surface area contributed by atoms with Gasteiger partial charge in [-0.05, 0) is 31.7 Å². The zero-order valence-electron chi connectivity index (χ0n) is 14.7. The van der Waals surface area contributed by atoms with Crippen LogP contribution >= 0.6 is 0 Å². The highest BCUT2D eigenvalue weighted by atomic mass is 16.6. The van der Waals surface area contributed by atoms with Crippen LogP contribution in [0.25, 0.3) is 11.0 Å². The zero-order valence-corrected chi connectivity index (χ0v) is 14.7. The molecule has 0 saturated heterocycles. The summed E-state index contributed by atoms with van der Waals surface area (Å²) in [6.45, 7) is 6.82. The Kier molecular flexibility index (Phi) is 5.92. The maximum absolute atomic E-state index is 12.2. The van der Waals surface area contributed by atoms with Crippen LogP contribution in [-0.4, -0.2) is 52.9 Å². The zero-order chi connectivity index (χ0) is 18.4. The van der Waals surface area contributed by atoms with Gasteiger partial charge in [-0.1, -0.05) is 12.1 Å². The van der Waals surface area contributed by atoms with E-state index in [1.54, 1.807) is 45.0 Å². The summed E-state index contributed by atoms with van der Waals surface area (Å²) < 4.78 is 5.35. The number of para-hydroxylation sites is 2. The lowest BCUT2D eigenvalue weighted by molar-refractivity contribution is -0.641. The molecule has 2 rings (SSSR count). The third-order valence-electron chi connectivity index (χ3n) is 3.22. The van der Waals surface area contributed by atoms with E-state index in [4.69, 9.17) is 10.5 Å². The number of hydrogen-bond donors (Lipinski definition) is 2. The van der Waals surface area contributed by atoms with Crippen LogP contribution in [0.4, 0.5) is 10.7 Å². The van der Waals surface area contributed by atoms with E-state index in [1.165, 1.54) is 4.90 Å². The Hall–Kier alpha value is -2.68. The van der Waals surface area contributed by atoms with Crippen LogP contribution in [0.1, 0.15) is 20.8 Å². The molecule has 0 aliphatic carbocycles. The van der Waals surface area contributed by atoms with Crippen molar-refractivity contribution < 1.29 is 14.4 Å². The molecule has 3 N–H and O–H groups in total. The molecule has 0 aliphatic heterocycles. The average Bonchev–Trinajstić information content (AvgIpc) is 2.52. The number of anilines is 1. The molecular formula is C16H24N6O3. The molecule has 0 unspecified atom stereocenters. The molecule has 0 aliphatic rings. The quantitative estimate of drug-likeness (QED) is 0.587. The van der Waals surface area contributed by atoms with E-state index in [-0.39, 0.29) is 5.95 Å². The first-order chi connectivity index (χ1) is 11.8. The fourth-order valence-corrected chi connectivity index (χ4v) is 2.15. The number of rotatable bonds is 6. The molecule has 136 valence electrons. The number of hydrogen-bond acceptors (Lipinski definition) is 7. The Morgan fingerprint density at radius 2 is 2.08 bits per heavy atom. The Bertz CT molecular complexity index is 731. The number of ether oxygens (including phenoxy) is 1. The van der Waals surface area contributed by atoms with Crippen molar-refractivity contribution in [3.63, 3.8) is 0 Å². The minimum atomic E-state index is -0.576. The van der Waals surface area contributed by atoms with E-state index >= 15 is 0 Å². The minimum absolute atomic E-state index is 0.200. The summed E-state index contributed by atoms with van der Waals surface area (Å²) in [6.07, 6.45) is -0.432. The van der Waals surface area contributed by atoms with Gasteiger partial charge in [-0.15, -0.1) is 0 Å². The van der Waals surface area contributed by atoms with Gasteiger partial charge in [0.05, 0.1) is 5.10 Å². The largest absolute Gasteiger partial charge is 0.594 e. The predicted octanol–water partition coefficient (Wildman–Crippen LogP) is 0.871. The molecule has 1 heterocycles. The number of aromatic nitrogens is 3. The monoisotopic (exact) mass is 348 g/mol. The summed E-state index contributed by atoms with van der Waals surface area (Å²) in [5.74, 6) is 0.200. The highest BCUT2D eigenvalue weighted by Gasteiger charge is 2.21. The van der Waals surface area contributed by atoms with Crippen LogP contribution in [-0.2, 0) is 4.74 Å². The van der Waals surface area contributed by atoms with Crippen molar-refractivity contribution in [1.82, 2.24) is 15.0 Å². The summed E-state index contributed by atoms with van der Waals surface area (Å²) in [6, 6.07) is 6.93. The average molecular weight is 348 g/mol. The molecule has 0 spiro atoms. The highest BCUT2D eigenvalue weighted by molar-refractivity contribution is 5.71. The third-order valence-corrected chi connectivity index (χ3v) is 3.22. The SMILES string of the molecule is CC(C)(C)OC(=O)N(CCN)CCNc1nc2ccccc2[n+]([O-])n1. The van der Waals surface area contributed by atoms with Crippen LogP contribution in [0.15, 0.2) is 24.3 Å². The van der Waals surface area contributed by atoms with Crippen molar-refractivity contribution in [2.75, 3.05) is 31.5 Å².